The molecule has 4 aromatic rings. The molecule has 2 atom stereocenters. The van der Waals surface area contributed by atoms with Gasteiger partial charge in [-0.1, -0.05) is 29.8 Å². The molecule has 7 nitrogen and oxygen atoms in total. The number of fused-ring (bicyclic) bond motifs is 1. The minimum atomic E-state index is -0.541. The Bertz CT molecular complexity index is 1330. The summed E-state index contributed by atoms with van der Waals surface area (Å²) in [6.45, 7) is 3.76. The quantitative estimate of drug-likeness (QED) is 0.372. The van der Waals surface area contributed by atoms with E-state index in [2.05, 4.69) is 10.3 Å². The van der Waals surface area contributed by atoms with Gasteiger partial charge in [0.2, 0.25) is 0 Å². The number of carbonyl (C=O) groups is 1. The Hall–Kier alpha value is -3.07. The van der Waals surface area contributed by atoms with Crippen LogP contribution in [-0.2, 0) is 0 Å². The summed E-state index contributed by atoms with van der Waals surface area (Å²) in [5.41, 5.74) is 8.13. The molecule has 1 amide bonds. The first-order valence-electron chi connectivity index (χ1n) is 11.2. The molecule has 0 aliphatic carbocycles. The van der Waals surface area contributed by atoms with Gasteiger partial charge < -0.3 is 20.5 Å². The Morgan fingerprint density at radius 2 is 2.18 bits per heavy atom. The molecule has 176 valence electrons. The highest BCUT2D eigenvalue weighted by Gasteiger charge is 2.22. The Morgan fingerprint density at radius 3 is 2.94 bits per heavy atom. The van der Waals surface area contributed by atoms with Crippen LogP contribution in [0.2, 0.25) is 5.02 Å². The monoisotopic (exact) mass is 496 g/mol. The summed E-state index contributed by atoms with van der Waals surface area (Å²) < 4.78 is 14.3. The molecule has 3 N–H and O–H groups in total. The fourth-order valence-electron chi connectivity index (χ4n) is 4.14. The van der Waals surface area contributed by atoms with Crippen LogP contribution in [0.25, 0.3) is 16.2 Å². The van der Waals surface area contributed by atoms with E-state index in [1.165, 1.54) is 11.3 Å². The molecule has 0 saturated carbocycles. The zero-order chi connectivity index (χ0) is 23.7. The number of rotatable bonds is 7. The van der Waals surface area contributed by atoms with Gasteiger partial charge in [-0.3, -0.25) is 9.20 Å². The third kappa shape index (κ3) is 4.61. The Kier molecular flexibility index (Phi) is 6.45. The third-order valence-electron chi connectivity index (χ3n) is 5.85. The maximum Gasteiger partial charge on any atom is 0.262 e. The second-order valence-electron chi connectivity index (χ2n) is 8.27. The average Bonchev–Trinajstić information content (AvgIpc) is 3.44. The fourth-order valence-corrected chi connectivity index (χ4v) is 5.38. The predicted octanol–water partition coefficient (Wildman–Crippen LogP) is 5.09. The number of imidazole rings is 1. The van der Waals surface area contributed by atoms with Crippen LogP contribution in [0.3, 0.4) is 0 Å². The van der Waals surface area contributed by atoms with E-state index in [9.17, 15) is 4.79 Å². The lowest BCUT2D eigenvalue weighted by Crippen LogP contribution is -2.37. The van der Waals surface area contributed by atoms with E-state index in [0.717, 1.165) is 53.5 Å². The van der Waals surface area contributed by atoms with Gasteiger partial charge in [-0.25, -0.2) is 4.98 Å². The highest BCUT2D eigenvalue weighted by atomic mass is 35.5. The Labute approximate surface area is 206 Å². The van der Waals surface area contributed by atoms with E-state index in [-0.39, 0.29) is 12.2 Å². The summed E-state index contributed by atoms with van der Waals surface area (Å²) in [6, 6.07) is 13.2. The van der Waals surface area contributed by atoms with Gasteiger partial charge >= 0.3 is 0 Å². The largest absolute Gasteiger partial charge is 0.488 e. The smallest absolute Gasteiger partial charge is 0.262 e. The van der Waals surface area contributed by atoms with Crippen LogP contribution in [0.4, 0.5) is 0 Å². The number of primary amides is 1. The molecule has 3 aromatic heterocycles. The molecule has 34 heavy (non-hydrogen) atoms. The second kappa shape index (κ2) is 9.66. The molecule has 0 spiro atoms. The van der Waals surface area contributed by atoms with Gasteiger partial charge in [0.15, 0.2) is 0 Å². The van der Waals surface area contributed by atoms with E-state index in [1.807, 2.05) is 60.0 Å². The standard InChI is InChI=1S/C25H25ClN4O3S/c1-15(18-6-2-3-7-19(18)26)32-21-11-22(34-24(21)25(27)31)20-13-29-23-9-8-17(14-30(20)23)33-16-5-4-10-28-12-16/h2-3,6-9,11,13-16,28H,4-5,10,12H2,1H3,(H2,27,31). The van der Waals surface area contributed by atoms with Crippen LogP contribution >= 0.6 is 22.9 Å². The number of piperidine rings is 1. The number of nitrogens with one attached hydrogen (secondary N) is 1. The topological polar surface area (TPSA) is 90.9 Å². The van der Waals surface area contributed by atoms with Crippen molar-refractivity contribution in [3.05, 3.63) is 70.3 Å². The summed E-state index contributed by atoms with van der Waals surface area (Å²) in [6.07, 6.45) is 5.62. The van der Waals surface area contributed by atoms with Crippen LogP contribution in [-0.4, -0.2) is 34.5 Å². The van der Waals surface area contributed by atoms with E-state index in [1.54, 1.807) is 6.20 Å². The fraction of sp³-hybridized carbons (Fsp3) is 0.280. The number of ether oxygens (including phenoxy) is 2. The van der Waals surface area contributed by atoms with Gasteiger partial charge in [0.1, 0.15) is 34.2 Å². The number of halogens is 1. The maximum atomic E-state index is 12.2. The number of carbonyl (C=O) groups excluding carboxylic acids is 1. The molecule has 1 fully saturated rings. The van der Waals surface area contributed by atoms with Crippen molar-refractivity contribution in [2.24, 2.45) is 5.73 Å². The highest BCUT2D eigenvalue weighted by Crippen LogP contribution is 2.39. The van der Waals surface area contributed by atoms with Crippen molar-refractivity contribution >= 4 is 34.5 Å². The number of hydrogen-bond acceptors (Lipinski definition) is 6. The first-order valence-corrected chi connectivity index (χ1v) is 12.4. The van der Waals surface area contributed by atoms with Crippen molar-refractivity contribution in [2.75, 3.05) is 13.1 Å². The van der Waals surface area contributed by atoms with E-state index >= 15 is 0 Å². The molecule has 2 unspecified atom stereocenters. The SMILES string of the molecule is CC(Oc1cc(-c2cnc3ccc(OC4CCCNC4)cn23)sc1C(N)=O)c1ccccc1Cl. The lowest BCUT2D eigenvalue weighted by Gasteiger charge is -2.23. The number of pyridine rings is 1. The van der Waals surface area contributed by atoms with E-state index in [4.69, 9.17) is 26.8 Å². The molecular weight excluding hydrogens is 472 g/mol. The van der Waals surface area contributed by atoms with Gasteiger partial charge in [0.25, 0.3) is 5.91 Å². The first-order chi connectivity index (χ1) is 16.5. The molecular formula is C25H25ClN4O3S. The molecule has 9 heteroatoms. The lowest BCUT2D eigenvalue weighted by molar-refractivity contribution is 0.0998. The first kappa shape index (κ1) is 22.7. The number of benzene rings is 1. The number of nitrogens with zero attached hydrogens (tertiary/aromatic N) is 2. The molecule has 1 saturated heterocycles. The zero-order valence-corrected chi connectivity index (χ0v) is 20.2. The van der Waals surface area contributed by atoms with Crippen LogP contribution in [0.5, 0.6) is 11.5 Å². The molecule has 1 aliphatic heterocycles. The molecule has 4 heterocycles. The maximum absolute atomic E-state index is 12.2. The van der Waals surface area contributed by atoms with Crippen molar-refractivity contribution in [1.82, 2.24) is 14.7 Å². The minimum Gasteiger partial charge on any atom is -0.488 e. The summed E-state index contributed by atoms with van der Waals surface area (Å²) in [5, 5.41) is 3.97. The normalized spacial score (nSPS) is 16.9. The highest BCUT2D eigenvalue weighted by molar-refractivity contribution is 7.17. The van der Waals surface area contributed by atoms with Crippen LogP contribution in [0.15, 0.2) is 54.9 Å². The summed E-state index contributed by atoms with van der Waals surface area (Å²) in [7, 11) is 0. The van der Waals surface area contributed by atoms with Crippen molar-refractivity contribution in [1.29, 1.82) is 0 Å². The molecule has 1 aliphatic rings. The molecule has 5 rings (SSSR count). The van der Waals surface area contributed by atoms with Crippen molar-refractivity contribution in [3.8, 4) is 22.1 Å². The van der Waals surface area contributed by atoms with Crippen LogP contribution < -0.4 is 20.5 Å². The van der Waals surface area contributed by atoms with Crippen molar-refractivity contribution in [3.63, 3.8) is 0 Å². The average molecular weight is 497 g/mol. The van der Waals surface area contributed by atoms with Gasteiger partial charge in [0.05, 0.1) is 23.0 Å². The lowest BCUT2D eigenvalue weighted by atomic mass is 10.1. The molecule has 1 aromatic carbocycles. The zero-order valence-electron chi connectivity index (χ0n) is 18.7. The van der Waals surface area contributed by atoms with Crippen LogP contribution in [0, 0.1) is 0 Å². The van der Waals surface area contributed by atoms with Gasteiger partial charge in [0, 0.05) is 23.2 Å². The van der Waals surface area contributed by atoms with Crippen LogP contribution in [0.1, 0.15) is 41.1 Å². The number of hydrogen-bond donors (Lipinski definition) is 2. The van der Waals surface area contributed by atoms with Crippen molar-refractivity contribution in [2.45, 2.75) is 32.0 Å². The minimum absolute atomic E-state index is 0.146. The summed E-state index contributed by atoms with van der Waals surface area (Å²) >= 11 is 7.61. The van der Waals surface area contributed by atoms with Gasteiger partial charge in [-0.05, 0) is 44.5 Å². The molecule has 0 bridgehead atoms. The Morgan fingerprint density at radius 1 is 1.32 bits per heavy atom. The van der Waals surface area contributed by atoms with Crippen molar-refractivity contribution < 1.29 is 14.3 Å². The predicted molar refractivity (Wildman–Crippen MR) is 134 cm³/mol. The number of aromatic nitrogens is 2. The third-order valence-corrected chi connectivity index (χ3v) is 7.35. The van der Waals surface area contributed by atoms with Gasteiger partial charge in [-0.15, -0.1) is 11.3 Å². The van der Waals surface area contributed by atoms with Gasteiger partial charge in [-0.2, -0.15) is 0 Å². The summed E-state index contributed by atoms with van der Waals surface area (Å²) in [4.78, 5) is 17.9. The number of thiophene rings is 1. The van der Waals surface area contributed by atoms with E-state index < -0.39 is 5.91 Å². The van der Waals surface area contributed by atoms with E-state index in [0.29, 0.717) is 15.6 Å². The Balaban J connectivity index is 1.46. The number of amides is 1. The second-order valence-corrected chi connectivity index (χ2v) is 9.73. The summed E-state index contributed by atoms with van der Waals surface area (Å²) in [5.74, 6) is 0.659. The number of nitrogens with two attached hydrogens (primary N) is 1. The molecule has 0 radical (unpaired) electrons.